The number of halogens is 2. The van der Waals surface area contributed by atoms with Crippen molar-refractivity contribution in [2.45, 2.75) is 65.0 Å². The van der Waals surface area contributed by atoms with E-state index in [2.05, 4.69) is 24.3 Å². The minimum absolute atomic E-state index is 0.232. The Labute approximate surface area is 152 Å². The molecule has 0 aromatic carbocycles. The third-order valence-electron chi connectivity index (χ3n) is 3.03. The normalized spacial score (nSPS) is 14.8. The minimum Gasteiger partial charge on any atom is -0.353 e. The molecule has 136 valence electrons. The molecule has 0 rings (SSSR count). The Kier molecular flexibility index (Phi) is 18.2. The summed E-state index contributed by atoms with van der Waals surface area (Å²) in [5.74, 6) is 1.32. The van der Waals surface area contributed by atoms with Gasteiger partial charge < -0.3 is 14.2 Å². The van der Waals surface area contributed by atoms with E-state index in [0.29, 0.717) is 25.0 Å². The lowest BCUT2D eigenvalue weighted by molar-refractivity contribution is -0.246. The van der Waals surface area contributed by atoms with Gasteiger partial charge in [-0.2, -0.15) is 0 Å². The number of rotatable bonds is 16. The van der Waals surface area contributed by atoms with E-state index < -0.39 is 0 Å². The SMILES string of the molecule is CCOC(CC/C=C\CCCl)OC(CC/C=C\CCCl)OCC. The van der Waals surface area contributed by atoms with E-state index in [4.69, 9.17) is 37.4 Å². The molecule has 2 atom stereocenters. The van der Waals surface area contributed by atoms with Crippen LogP contribution in [0.25, 0.3) is 0 Å². The van der Waals surface area contributed by atoms with Gasteiger partial charge >= 0.3 is 0 Å². The van der Waals surface area contributed by atoms with Gasteiger partial charge in [-0.15, -0.1) is 23.2 Å². The standard InChI is InChI=1S/C18H32Cl2O3/c1-3-21-17(13-9-5-7-11-15-19)23-18(22-4-2)14-10-6-8-12-16-20/h5-8,17-18H,3-4,9-16H2,1-2H3/b7-5-,8-6-. The summed E-state index contributed by atoms with van der Waals surface area (Å²) < 4.78 is 17.3. The van der Waals surface area contributed by atoms with Gasteiger partial charge in [-0.1, -0.05) is 24.3 Å². The van der Waals surface area contributed by atoms with E-state index in [0.717, 1.165) is 38.5 Å². The van der Waals surface area contributed by atoms with Crippen LogP contribution in [0.3, 0.4) is 0 Å². The fraction of sp³-hybridized carbons (Fsp3) is 0.778. The zero-order valence-corrected chi connectivity index (χ0v) is 16.0. The maximum atomic E-state index is 5.98. The van der Waals surface area contributed by atoms with E-state index in [1.54, 1.807) is 0 Å². The second-order valence-corrected chi connectivity index (χ2v) is 5.71. The van der Waals surface area contributed by atoms with Gasteiger partial charge in [-0.25, -0.2) is 0 Å². The molecule has 0 radical (unpaired) electrons. The first-order chi connectivity index (χ1) is 11.3. The molecule has 0 saturated carbocycles. The number of allylic oxidation sites excluding steroid dienone is 4. The van der Waals surface area contributed by atoms with Gasteiger partial charge in [0, 0.05) is 37.8 Å². The summed E-state index contributed by atoms with van der Waals surface area (Å²) in [5, 5.41) is 0. The Morgan fingerprint density at radius 1 is 0.696 bits per heavy atom. The van der Waals surface area contributed by atoms with E-state index in [1.807, 2.05) is 13.8 Å². The van der Waals surface area contributed by atoms with Crippen molar-refractivity contribution < 1.29 is 14.2 Å². The van der Waals surface area contributed by atoms with Gasteiger partial charge in [0.05, 0.1) is 0 Å². The Morgan fingerprint density at radius 2 is 1.09 bits per heavy atom. The van der Waals surface area contributed by atoms with Crippen LogP contribution in [-0.2, 0) is 14.2 Å². The lowest BCUT2D eigenvalue weighted by Gasteiger charge is -2.24. The maximum absolute atomic E-state index is 5.98. The number of alkyl halides is 2. The molecule has 0 bridgehead atoms. The van der Waals surface area contributed by atoms with Crippen LogP contribution in [-0.4, -0.2) is 37.6 Å². The summed E-state index contributed by atoms with van der Waals surface area (Å²) in [4.78, 5) is 0. The van der Waals surface area contributed by atoms with E-state index in [1.165, 1.54) is 0 Å². The maximum Gasteiger partial charge on any atom is 0.161 e. The van der Waals surface area contributed by atoms with Crippen molar-refractivity contribution in [1.29, 1.82) is 0 Å². The van der Waals surface area contributed by atoms with Crippen molar-refractivity contribution in [2.75, 3.05) is 25.0 Å². The molecule has 5 heteroatoms. The lowest BCUT2D eigenvalue weighted by Crippen LogP contribution is -2.27. The summed E-state index contributed by atoms with van der Waals surface area (Å²) in [6.45, 7) is 5.21. The summed E-state index contributed by atoms with van der Waals surface area (Å²) in [6.07, 6.45) is 13.2. The van der Waals surface area contributed by atoms with Crippen LogP contribution in [0.4, 0.5) is 0 Å². The second kappa shape index (κ2) is 18.3. The van der Waals surface area contributed by atoms with Crippen LogP contribution in [0, 0.1) is 0 Å². The van der Waals surface area contributed by atoms with Crippen LogP contribution in [0.1, 0.15) is 52.4 Å². The summed E-state index contributed by atoms with van der Waals surface area (Å²) in [5.41, 5.74) is 0. The summed E-state index contributed by atoms with van der Waals surface area (Å²) >= 11 is 11.3. The molecule has 0 fully saturated rings. The quantitative estimate of drug-likeness (QED) is 0.200. The Balaban J connectivity index is 4.21. The molecule has 0 aliphatic carbocycles. The molecule has 0 aromatic rings. The molecule has 0 aromatic heterocycles. The van der Waals surface area contributed by atoms with Crippen molar-refractivity contribution in [3.63, 3.8) is 0 Å². The first-order valence-electron chi connectivity index (χ1n) is 8.59. The van der Waals surface area contributed by atoms with Gasteiger partial charge in [-0.05, 0) is 39.5 Å². The molecular formula is C18H32Cl2O3. The van der Waals surface area contributed by atoms with Crippen molar-refractivity contribution >= 4 is 23.2 Å². The predicted octanol–water partition coefficient (Wildman–Crippen LogP) is 5.66. The fourth-order valence-electron chi connectivity index (χ4n) is 1.98. The molecule has 0 N–H and O–H groups in total. The monoisotopic (exact) mass is 366 g/mol. The molecule has 3 nitrogen and oxygen atoms in total. The fourth-order valence-corrected chi connectivity index (χ4v) is 2.24. The second-order valence-electron chi connectivity index (χ2n) is 4.96. The smallest absolute Gasteiger partial charge is 0.161 e. The van der Waals surface area contributed by atoms with Crippen molar-refractivity contribution in [1.82, 2.24) is 0 Å². The first kappa shape index (κ1) is 22.9. The van der Waals surface area contributed by atoms with Crippen LogP contribution >= 0.6 is 23.2 Å². The van der Waals surface area contributed by atoms with Gasteiger partial charge in [0.15, 0.2) is 12.6 Å². The molecule has 0 aliphatic rings. The van der Waals surface area contributed by atoms with E-state index in [-0.39, 0.29) is 12.6 Å². The lowest BCUT2D eigenvalue weighted by atomic mass is 10.2. The van der Waals surface area contributed by atoms with Crippen molar-refractivity contribution in [2.24, 2.45) is 0 Å². The van der Waals surface area contributed by atoms with Crippen LogP contribution < -0.4 is 0 Å². The zero-order valence-electron chi connectivity index (χ0n) is 14.5. The highest BCUT2D eigenvalue weighted by Gasteiger charge is 2.16. The number of hydrogen-bond donors (Lipinski definition) is 0. The first-order valence-corrected chi connectivity index (χ1v) is 9.65. The zero-order chi connectivity index (χ0) is 17.2. The Morgan fingerprint density at radius 3 is 1.43 bits per heavy atom. The van der Waals surface area contributed by atoms with Gasteiger partial charge in [-0.3, -0.25) is 0 Å². The van der Waals surface area contributed by atoms with Gasteiger partial charge in [0.1, 0.15) is 0 Å². The highest BCUT2D eigenvalue weighted by atomic mass is 35.5. The largest absolute Gasteiger partial charge is 0.353 e. The average Bonchev–Trinajstić information content (AvgIpc) is 2.54. The molecule has 0 saturated heterocycles. The topological polar surface area (TPSA) is 27.7 Å². The molecule has 23 heavy (non-hydrogen) atoms. The third-order valence-corrected chi connectivity index (χ3v) is 3.47. The van der Waals surface area contributed by atoms with Crippen LogP contribution in [0.2, 0.25) is 0 Å². The minimum atomic E-state index is -0.232. The highest BCUT2D eigenvalue weighted by molar-refractivity contribution is 6.18. The Hall–Kier alpha value is -0.0600. The van der Waals surface area contributed by atoms with Crippen LogP contribution in [0.15, 0.2) is 24.3 Å². The molecule has 2 unspecified atom stereocenters. The number of hydrogen-bond acceptors (Lipinski definition) is 3. The molecule has 0 spiro atoms. The molecule has 0 aliphatic heterocycles. The number of ether oxygens (including phenoxy) is 3. The van der Waals surface area contributed by atoms with Crippen molar-refractivity contribution in [3.8, 4) is 0 Å². The van der Waals surface area contributed by atoms with E-state index in [9.17, 15) is 0 Å². The van der Waals surface area contributed by atoms with E-state index >= 15 is 0 Å². The average molecular weight is 367 g/mol. The molecule has 0 amide bonds. The summed E-state index contributed by atoms with van der Waals surface area (Å²) in [6, 6.07) is 0. The third kappa shape index (κ3) is 15.2. The predicted molar refractivity (Wildman–Crippen MR) is 99.3 cm³/mol. The van der Waals surface area contributed by atoms with Gasteiger partial charge in [0.25, 0.3) is 0 Å². The molecule has 0 heterocycles. The summed E-state index contributed by atoms with van der Waals surface area (Å²) in [7, 11) is 0. The molecular weight excluding hydrogens is 335 g/mol. The Bertz CT molecular complexity index is 268. The van der Waals surface area contributed by atoms with Crippen LogP contribution in [0.5, 0.6) is 0 Å². The van der Waals surface area contributed by atoms with Crippen molar-refractivity contribution in [3.05, 3.63) is 24.3 Å². The highest BCUT2D eigenvalue weighted by Crippen LogP contribution is 2.14. The van der Waals surface area contributed by atoms with Gasteiger partial charge in [0.2, 0.25) is 0 Å².